The number of esters is 4. The molecule has 2 heterocycles. The number of benzene rings is 6. The molecular weight excluding hydrogens is 925 g/mol. The Hall–Kier alpha value is -7.08. The molecule has 0 aromatic heterocycles. The van der Waals surface area contributed by atoms with Gasteiger partial charge in [0.2, 0.25) is 0 Å². The first kappa shape index (κ1) is 51.3. The van der Waals surface area contributed by atoms with Crippen molar-refractivity contribution < 1.29 is 71.3 Å². The van der Waals surface area contributed by atoms with Gasteiger partial charge in [-0.3, -0.25) is 4.79 Å². The SMILES string of the molecule is CO[C@H]1O[C@H](CO[C@H]2O[C@H](COC(C)=O)[C@@H](OCc3ccccc3)[C@H](OCc3ccccc3)[C@H]2OCc2ccccc2)[C@@H](OC(=O)c2ccccc2)[C@H](OC(=O)c2ccccc2)[C@H]1OC(=O)c1ccccc1. The lowest BCUT2D eigenvalue weighted by atomic mass is 9.96. The van der Waals surface area contributed by atoms with Gasteiger partial charge in [-0.25, -0.2) is 14.4 Å². The van der Waals surface area contributed by atoms with Crippen molar-refractivity contribution in [3.8, 4) is 0 Å². The van der Waals surface area contributed by atoms with E-state index < -0.39 is 91.9 Å². The number of ether oxygens (including phenoxy) is 11. The molecule has 0 aliphatic carbocycles. The van der Waals surface area contributed by atoms with Crippen LogP contribution >= 0.6 is 0 Å². The Kier molecular flexibility index (Phi) is 18.4. The summed E-state index contributed by atoms with van der Waals surface area (Å²) in [6, 6.07) is 53.2. The van der Waals surface area contributed by atoms with Crippen molar-refractivity contribution in [3.05, 3.63) is 215 Å². The Morgan fingerprint density at radius 3 is 1.18 bits per heavy atom. The lowest BCUT2D eigenvalue weighted by Gasteiger charge is -2.47. The van der Waals surface area contributed by atoms with Crippen molar-refractivity contribution in [3.63, 3.8) is 0 Å². The van der Waals surface area contributed by atoms with Gasteiger partial charge in [-0.15, -0.1) is 0 Å². The Bertz CT molecular complexity index is 2610. The fourth-order valence-corrected chi connectivity index (χ4v) is 8.30. The van der Waals surface area contributed by atoms with E-state index in [2.05, 4.69) is 0 Å². The van der Waals surface area contributed by atoms with Crippen LogP contribution in [-0.4, -0.2) is 106 Å². The molecule has 72 heavy (non-hydrogen) atoms. The fourth-order valence-electron chi connectivity index (χ4n) is 8.30. The number of carbonyl (C=O) groups is 4. The second-order valence-electron chi connectivity index (χ2n) is 16.9. The second kappa shape index (κ2) is 25.9. The number of carbonyl (C=O) groups excluding carboxylic acids is 4. The maximum Gasteiger partial charge on any atom is 0.338 e. The fraction of sp³-hybridized carbons (Fsp3) is 0.298. The van der Waals surface area contributed by atoms with Crippen LogP contribution in [0.3, 0.4) is 0 Å². The molecule has 0 amide bonds. The highest BCUT2D eigenvalue weighted by molar-refractivity contribution is 5.91. The van der Waals surface area contributed by atoms with Crippen LogP contribution in [-0.2, 0) is 76.7 Å². The summed E-state index contributed by atoms with van der Waals surface area (Å²) < 4.78 is 70.3. The monoisotopic (exact) mass is 980 g/mol. The highest BCUT2D eigenvalue weighted by Crippen LogP contribution is 2.35. The molecule has 0 saturated carbocycles. The normalized spacial score (nSPS) is 23.8. The minimum Gasteiger partial charge on any atom is -0.463 e. The van der Waals surface area contributed by atoms with E-state index in [0.29, 0.717) is 0 Å². The average molecular weight is 981 g/mol. The van der Waals surface area contributed by atoms with E-state index in [9.17, 15) is 19.2 Å². The zero-order valence-electron chi connectivity index (χ0n) is 39.8. The Labute approximate surface area is 417 Å². The van der Waals surface area contributed by atoms with Gasteiger partial charge in [0.1, 0.15) is 37.1 Å². The number of hydrogen-bond acceptors (Lipinski definition) is 15. The third-order valence-corrected chi connectivity index (χ3v) is 11.9. The summed E-state index contributed by atoms with van der Waals surface area (Å²) in [6.45, 7) is 0.985. The van der Waals surface area contributed by atoms with Gasteiger partial charge in [0.05, 0.1) is 43.1 Å². The van der Waals surface area contributed by atoms with E-state index in [0.717, 1.165) is 16.7 Å². The van der Waals surface area contributed by atoms with Crippen LogP contribution < -0.4 is 0 Å². The van der Waals surface area contributed by atoms with Crippen LogP contribution in [0.1, 0.15) is 54.7 Å². The van der Waals surface area contributed by atoms with Crippen molar-refractivity contribution in [2.75, 3.05) is 20.3 Å². The van der Waals surface area contributed by atoms with Crippen molar-refractivity contribution in [1.82, 2.24) is 0 Å². The highest BCUT2D eigenvalue weighted by atomic mass is 16.8. The van der Waals surface area contributed by atoms with Gasteiger partial charge in [0.25, 0.3) is 0 Å². The summed E-state index contributed by atoms with van der Waals surface area (Å²) >= 11 is 0. The van der Waals surface area contributed by atoms with Crippen LogP contribution in [0.15, 0.2) is 182 Å². The largest absolute Gasteiger partial charge is 0.463 e. The minimum atomic E-state index is -1.54. The van der Waals surface area contributed by atoms with E-state index >= 15 is 0 Å². The van der Waals surface area contributed by atoms with Crippen molar-refractivity contribution in [2.45, 2.75) is 88.2 Å². The molecule has 2 saturated heterocycles. The van der Waals surface area contributed by atoms with Crippen LogP contribution in [0.4, 0.5) is 0 Å². The quantitative estimate of drug-likeness (QED) is 0.0501. The molecule has 6 aromatic rings. The summed E-state index contributed by atoms with van der Waals surface area (Å²) in [5.74, 6) is -2.94. The molecule has 2 aliphatic rings. The van der Waals surface area contributed by atoms with Gasteiger partial charge in [0, 0.05) is 14.0 Å². The summed E-state index contributed by atoms with van der Waals surface area (Å²) in [6.07, 6.45) is -12.4. The van der Waals surface area contributed by atoms with Gasteiger partial charge in [-0.05, 0) is 53.1 Å². The predicted molar refractivity (Wildman–Crippen MR) is 259 cm³/mol. The van der Waals surface area contributed by atoms with E-state index in [1.54, 1.807) is 91.0 Å². The van der Waals surface area contributed by atoms with Crippen molar-refractivity contribution in [1.29, 1.82) is 0 Å². The predicted octanol–water partition coefficient (Wildman–Crippen LogP) is 8.10. The van der Waals surface area contributed by atoms with Gasteiger partial charge in [-0.2, -0.15) is 0 Å². The van der Waals surface area contributed by atoms with E-state index in [-0.39, 0.29) is 43.1 Å². The zero-order chi connectivity index (χ0) is 50.1. The number of hydrogen-bond donors (Lipinski definition) is 0. The summed E-state index contributed by atoms with van der Waals surface area (Å²) in [4.78, 5) is 54.4. The van der Waals surface area contributed by atoms with Crippen LogP contribution in [0.5, 0.6) is 0 Å². The van der Waals surface area contributed by atoms with E-state index in [4.69, 9.17) is 52.1 Å². The molecule has 6 aromatic carbocycles. The molecule has 374 valence electrons. The lowest BCUT2D eigenvalue weighted by Crippen LogP contribution is -2.64. The third kappa shape index (κ3) is 13.9. The van der Waals surface area contributed by atoms with Gasteiger partial charge >= 0.3 is 23.9 Å². The molecule has 0 bridgehead atoms. The topological polar surface area (TPSA) is 170 Å². The molecule has 8 rings (SSSR count). The first-order valence-corrected chi connectivity index (χ1v) is 23.6. The van der Waals surface area contributed by atoms with Gasteiger partial charge in [-0.1, -0.05) is 146 Å². The molecule has 0 unspecified atom stereocenters. The van der Waals surface area contributed by atoms with Crippen LogP contribution in [0.2, 0.25) is 0 Å². The van der Waals surface area contributed by atoms with Crippen molar-refractivity contribution >= 4 is 23.9 Å². The molecule has 15 nitrogen and oxygen atoms in total. The van der Waals surface area contributed by atoms with Crippen molar-refractivity contribution in [2.24, 2.45) is 0 Å². The molecule has 0 radical (unpaired) electrons. The molecule has 2 aliphatic heterocycles. The standard InChI is InChI=1S/C57H56O15/c1-38(58)63-36-45-47(64-33-39-21-9-3-10-22-39)49(65-34-40-23-11-4-12-24-40)51(66-35-41-25-13-5-14-26-41)57(69-45)67-37-46-48(70-53(59)42-27-15-6-16-28-42)50(71-54(60)43-29-17-7-18-30-43)52(56(62-2)68-46)72-55(61)44-31-19-8-20-32-44/h3-32,45-52,56-57H,33-37H2,1-2H3/t45-,46-,47-,48-,49+,50+,51-,52-,56+,57+/m1/s1. The maximum atomic E-state index is 14.1. The summed E-state index contributed by atoms with van der Waals surface area (Å²) in [7, 11) is 1.33. The van der Waals surface area contributed by atoms with Gasteiger partial charge < -0.3 is 52.1 Å². The zero-order valence-corrected chi connectivity index (χ0v) is 39.8. The molecule has 10 atom stereocenters. The first-order valence-electron chi connectivity index (χ1n) is 23.6. The number of methoxy groups -OCH3 is 1. The molecule has 15 heteroatoms. The summed E-state index contributed by atoms with van der Waals surface area (Å²) in [5, 5.41) is 0. The summed E-state index contributed by atoms with van der Waals surface area (Å²) in [5.41, 5.74) is 3.12. The second-order valence-corrected chi connectivity index (χ2v) is 16.9. The number of rotatable bonds is 21. The third-order valence-electron chi connectivity index (χ3n) is 11.9. The highest BCUT2D eigenvalue weighted by Gasteiger charge is 2.55. The smallest absolute Gasteiger partial charge is 0.338 e. The van der Waals surface area contributed by atoms with E-state index in [1.165, 1.54) is 14.0 Å². The van der Waals surface area contributed by atoms with Crippen LogP contribution in [0.25, 0.3) is 0 Å². The molecule has 2 fully saturated rings. The Balaban J connectivity index is 1.16. The molecule has 0 spiro atoms. The Morgan fingerprint density at radius 1 is 0.389 bits per heavy atom. The molecular formula is C57H56O15. The lowest BCUT2D eigenvalue weighted by molar-refractivity contribution is -0.342. The minimum absolute atomic E-state index is 0.0922. The Morgan fingerprint density at radius 2 is 0.750 bits per heavy atom. The van der Waals surface area contributed by atoms with Gasteiger partial charge in [0.15, 0.2) is 30.9 Å². The van der Waals surface area contributed by atoms with Crippen LogP contribution in [0, 0.1) is 0 Å². The van der Waals surface area contributed by atoms with E-state index in [1.807, 2.05) is 91.0 Å². The maximum absolute atomic E-state index is 14.1. The average Bonchev–Trinajstić information content (AvgIpc) is 3.42. The molecule has 0 N–H and O–H groups in total. The first-order chi connectivity index (χ1) is 35.2.